The third-order valence-corrected chi connectivity index (χ3v) is 3.95. The summed E-state index contributed by atoms with van der Waals surface area (Å²) in [6.45, 7) is 0. The van der Waals surface area contributed by atoms with Crippen LogP contribution in [0.25, 0.3) is 0 Å². The second kappa shape index (κ2) is 7.36. The summed E-state index contributed by atoms with van der Waals surface area (Å²) in [6.07, 6.45) is 3.49. The Bertz CT molecular complexity index is 473. The van der Waals surface area contributed by atoms with Crippen LogP contribution in [0.2, 0.25) is 10.0 Å². The molecule has 0 heterocycles. The normalized spacial score (nSPS) is 21.9. The smallest absolute Gasteiger partial charge is 0.227 e. The van der Waals surface area contributed by atoms with Gasteiger partial charge >= 0.3 is 0 Å². The summed E-state index contributed by atoms with van der Waals surface area (Å²) < 4.78 is 0. The van der Waals surface area contributed by atoms with E-state index in [9.17, 15) is 9.90 Å². The van der Waals surface area contributed by atoms with E-state index in [0.29, 0.717) is 12.1 Å². The lowest BCUT2D eigenvalue weighted by atomic mass is 9.85. The number of rotatable bonds is 2. The van der Waals surface area contributed by atoms with Crippen molar-refractivity contribution in [2.45, 2.75) is 31.7 Å². The van der Waals surface area contributed by atoms with E-state index in [1.54, 1.807) is 0 Å². The molecular formula is C13H17Cl3N2O2. The van der Waals surface area contributed by atoms with Gasteiger partial charge in [-0.1, -0.05) is 29.6 Å². The molecule has 0 saturated heterocycles. The zero-order valence-corrected chi connectivity index (χ0v) is 13.1. The molecule has 2 rings (SSSR count). The Kier molecular flexibility index (Phi) is 6.40. The second-order valence-corrected chi connectivity index (χ2v) is 5.72. The molecule has 1 saturated carbocycles. The number of hydrogen-bond donors (Lipinski definition) is 3. The number of anilines is 1. The van der Waals surface area contributed by atoms with Gasteiger partial charge in [-0.3, -0.25) is 4.79 Å². The van der Waals surface area contributed by atoms with E-state index in [-0.39, 0.29) is 46.1 Å². The molecule has 2 unspecified atom stereocenters. The van der Waals surface area contributed by atoms with Crippen LogP contribution in [0, 0.1) is 5.92 Å². The molecular weight excluding hydrogens is 323 g/mol. The average Bonchev–Trinajstić information content (AvgIpc) is 2.36. The Balaban J connectivity index is 0.00000200. The molecule has 112 valence electrons. The van der Waals surface area contributed by atoms with E-state index >= 15 is 0 Å². The SMILES string of the molecule is Cl.NC1CCCC(C(=O)Nc2cc(Cl)c(O)c(Cl)c2)C1. The monoisotopic (exact) mass is 338 g/mol. The van der Waals surface area contributed by atoms with Crippen molar-refractivity contribution in [3.63, 3.8) is 0 Å². The summed E-state index contributed by atoms with van der Waals surface area (Å²) in [5.74, 6) is -0.330. The van der Waals surface area contributed by atoms with E-state index in [1.807, 2.05) is 0 Å². The van der Waals surface area contributed by atoms with Crippen molar-refractivity contribution in [1.82, 2.24) is 0 Å². The zero-order chi connectivity index (χ0) is 14.0. The molecule has 0 radical (unpaired) electrons. The average molecular weight is 340 g/mol. The van der Waals surface area contributed by atoms with Gasteiger partial charge in [-0.15, -0.1) is 12.4 Å². The van der Waals surface area contributed by atoms with Crippen molar-refractivity contribution >= 4 is 47.2 Å². The number of nitrogens with two attached hydrogens (primary N) is 1. The van der Waals surface area contributed by atoms with Crippen molar-refractivity contribution in [2.24, 2.45) is 11.7 Å². The molecule has 4 N–H and O–H groups in total. The summed E-state index contributed by atoms with van der Waals surface area (Å²) >= 11 is 11.6. The van der Waals surface area contributed by atoms with Crippen LogP contribution in [0.3, 0.4) is 0 Å². The molecule has 4 nitrogen and oxygen atoms in total. The summed E-state index contributed by atoms with van der Waals surface area (Å²) in [6, 6.07) is 3.05. The fourth-order valence-corrected chi connectivity index (χ4v) is 2.83. The lowest BCUT2D eigenvalue weighted by Crippen LogP contribution is -2.34. The molecule has 0 bridgehead atoms. The first kappa shape index (κ1) is 17.4. The number of phenols is 1. The minimum Gasteiger partial charge on any atom is -0.505 e. The van der Waals surface area contributed by atoms with Crippen LogP contribution < -0.4 is 11.1 Å². The number of carbonyl (C=O) groups excluding carboxylic acids is 1. The van der Waals surface area contributed by atoms with Crippen molar-refractivity contribution in [1.29, 1.82) is 0 Å². The Morgan fingerprint density at radius 3 is 2.45 bits per heavy atom. The molecule has 20 heavy (non-hydrogen) atoms. The van der Waals surface area contributed by atoms with Crippen LogP contribution in [0.15, 0.2) is 12.1 Å². The van der Waals surface area contributed by atoms with E-state index in [2.05, 4.69) is 5.32 Å². The minimum absolute atomic E-state index is 0. The minimum atomic E-state index is -0.180. The van der Waals surface area contributed by atoms with E-state index < -0.39 is 0 Å². The highest BCUT2D eigenvalue weighted by Gasteiger charge is 2.25. The van der Waals surface area contributed by atoms with E-state index in [4.69, 9.17) is 28.9 Å². The Hall–Kier alpha value is -0.680. The maximum absolute atomic E-state index is 12.1. The number of aromatic hydroxyl groups is 1. The van der Waals surface area contributed by atoms with Crippen LogP contribution in [-0.4, -0.2) is 17.1 Å². The highest BCUT2D eigenvalue weighted by atomic mass is 35.5. The first-order chi connectivity index (χ1) is 8.97. The number of halogens is 3. The molecule has 7 heteroatoms. The second-order valence-electron chi connectivity index (χ2n) is 4.90. The summed E-state index contributed by atoms with van der Waals surface area (Å²) in [5.41, 5.74) is 6.35. The van der Waals surface area contributed by atoms with Crippen molar-refractivity contribution < 1.29 is 9.90 Å². The zero-order valence-electron chi connectivity index (χ0n) is 10.7. The molecule has 0 aromatic heterocycles. The van der Waals surface area contributed by atoms with Crippen molar-refractivity contribution in [3.05, 3.63) is 22.2 Å². The third-order valence-electron chi connectivity index (χ3n) is 3.37. The maximum Gasteiger partial charge on any atom is 0.227 e. The molecule has 1 amide bonds. The van der Waals surface area contributed by atoms with Gasteiger partial charge in [0.2, 0.25) is 5.91 Å². The van der Waals surface area contributed by atoms with Crippen LogP contribution >= 0.6 is 35.6 Å². The molecule has 0 aliphatic heterocycles. The quantitative estimate of drug-likeness (QED) is 0.721. The van der Waals surface area contributed by atoms with E-state index in [1.165, 1.54) is 12.1 Å². The maximum atomic E-state index is 12.1. The summed E-state index contributed by atoms with van der Waals surface area (Å²) in [4.78, 5) is 12.1. The molecule has 1 fully saturated rings. The lowest BCUT2D eigenvalue weighted by Gasteiger charge is -2.25. The van der Waals surface area contributed by atoms with Gasteiger partial charge in [-0.05, 0) is 31.4 Å². The number of phenolic OH excluding ortho intramolecular Hbond substituents is 1. The number of carbonyl (C=O) groups is 1. The van der Waals surface area contributed by atoms with Crippen LogP contribution in [0.5, 0.6) is 5.75 Å². The standard InChI is InChI=1S/C13H16Cl2N2O2.ClH/c14-10-5-9(6-11(15)12(10)18)17-13(19)7-2-1-3-8(16)4-7;/h5-8,18H,1-4,16H2,(H,17,19);1H. The van der Waals surface area contributed by atoms with Crippen LogP contribution in [0.4, 0.5) is 5.69 Å². The Morgan fingerprint density at radius 1 is 1.30 bits per heavy atom. The molecule has 2 atom stereocenters. The molecule has 1 aromatic rings. The van der Waals surface area contributed by atoms with Crippen molar-refractivity contribution in [2.75, 3.05) is 5.32 Å². The van der Waals surface area contributed by atoms with Crippen molar-refractivity contribution in [3.8, 4) is 5.75 Å². The molecule has 1 aliphatic carbocycles. The van der Waals surface area contributed by atoms with Gasteiger partial charge in [0.05, 0.1) is 10.0 Å². The number of benzene rings is 1. The number of nitrogens with one attached hydrogen (secondary N) is 1. The molecule has 0 spiro atoms. The number of hydrogen-bond acceptors (Lipinski definition) is 3. The summed E-state index contributed by atoms with van der Waals surface area (Å²) in [5, 5.41) is 12.4. The highest BCUT2D eigenvalue weighted by molar-refractivity contribution is 6.37. The molecule has 1 aliphatic rings. The van der Waals surface area contributed by atoms with Gasteiger partial charge in [0, 0.05) is 17.6 Å². The fraction of sp³-hybridized carbons (Fsp3) is 0.462. The predicted molar refractivity (Wildman–Crippen MR) is 83.9 cm³/mol. The first-order valence-corrected chi connectivity index (χ1v) is 6.97. The summed E-state index contributed by atoms with van der Waals surface area (Å²) in [7, 11) is 0. The third kappa shape index (κ3) is 4.16. The topological polar surface area (TPSA) is 75.4 Å². The fourth-order valence-electron chi connectivity index (χ4n) is 2.35. The van der Waals surface area contributed by atoms with Gasteiger partial charge in [-0.2, -0.15) is 0 Å². The predicted octanol–water partition coefficient (Wildman–Crippen LogP) is 3.58. The van der Waals surface area contributed by atoms with Gasteiger partial charge < -0.3 is 16.2 Å². The number of amides is 1. The Labute approximate surface area is 134 Å². The van der Waals surface area contributed by atoms with Gasteiger partial charge in [0.1, 0.15) is 0 Å². The van der Waals surface area contributed by atoms with Crippen LogP contribution in [-0.2, 0) is 4.79 Å². The van der Waals surface area contributed by atoms with Gasteiger partial charge in [0.15, 0.2) is 5.75 Å². The lowest BCUT2D eigenvalue weighted by molar-refractivity contribution is -0.120. The van der Waals surface area contributed by atoms with Gasteiger partial charge in [-0.25, -0.2) is 0 Å². The van der Waals surface area contributed by atoms with Crippen LogP contribution in [0.1, 0.15) is 25.7 Å². The first-order valence-electron chi connectivity index (χ1n) is 6.22. The largest absolute Gasteiger partial charge is 0.505 e. The molecule has 1 aromatic carbocycles. The van der Waals surface area contributed by atoms with E-state index in [0.717, 1.165) is 19.3 Å². The highest BCUT2D eigenvalue weighted by Crippen LogP contribution is 2.35. The van der Waals surface area contributed by atoms with Gasteiger partial charge in [0.25, 0.3) is 0 Å². The Morgan fingerprint density at radius 2 is 1.90 bits per heavy atom.